The number of rotatable bonds is 4. The number of H-pyrrole nitrogens is 1. The maximum absolute atomic E-state index is 5.96. The Morgan fingerprint density at radius 2 is 2.32 bits per heavy atom. The van der Waals surface area contributed by atoms with Gasteiger partial charge in [-0.2, -0.15) is 5.10 Å². The highest BCUT2D eigenvalue weighted by molar-refractivity contribution is 7.18. The number of anilines is 1. The molecule has 0 aliphatic heterocycles. The summed E-state index contributed by atoms with van der Waals surface area (Å²) in [5, 5.41) is 11.3. The zero-order valence-electron chi connectivity index (χ0n) is 10.3. The molecule has 0 radical (unpaired) electrons. The quantitative estimate of drug-likeness (QED) is 0.725. The highest BCUT2D eigenvalue weighted by Gasteiger charge is 2.10. The first kappa shape index (κ1) is 12.4. The van der Waals surface area contributed by atoms with Crippen molar-refractivity contribution in [3.63, 3.8) is 0 Å². The van der Waals surface area contributed by atoms with Gasteiger partial charge < -0.3 is 5.32 Å². The third-order valence-electron chi connectivity index (χ3n) is 2.78. The molecule has 7 heteroatoms. The number of aryl methyl sites for hydroxylation is 1. The molecule has 0 spiro atoms. The summed E-state index contributed by atoms with van der Waals surface area (Å²) in [4.78, 5) is 10.7. The zero-order valence-corrected chi connectivity index (χ0v) is 11.8. The average molecular weight is 294 g/mol. The number of hydrogen-bond donors (Lipinski definition) is 2. The van der Waals surface area contributed by atoms with Crippen molar-refractivity contribution < 1.29 is 0 Å². The van der Waals surface area contributed by atoms with E-state index in [0.717, 1.165) is 28.0 Å². The Balaban J connectivity index is 1.94. The standard InChI is InChI=1S/C12H12ClN5S/c1-2-8-3-9-10(14-4-7-5-15-16-6-7)17-12(13)18-11(9)19-8/h3,5-6H,2,4H2,1H3,(H,15,16)(H,14,17,18). The maximum atomic E-state index is 5.96. The molecule has 0 saturated heterocycles. The Kier molecular flexibility index (Phi) is 3.35. The Morgan fingerprint density at radius 3 is 3.05 bits per heavy atom. The molecule has 5 nitrogen and oxygen atoms in total. The van der Waals surface area contributed by atoms with Gasteiger partial charge in [-0.05, 0) is 24.1 Å². The number of halogens is 1. The zero-order chi connectivity index (χ0) is 13.2. The molecule has 2 N–H and O–H groups in total. The van der Waals surface area contributed by atoms with E-state index in [-0.39, 0.29) is 5.28 Å². The van der Waals surface area contributed by atoms with Gasteiger partial charge in [0.25, 0.3) is 0 Å². The van der Waals surface area contributed by atoms with E-state index >= 15 is 0 Å². The first-order valence-corrected chi connectivity index (χ1v) is 7.13. The van der Waals surface area contributed by atoms with Crippen LogP contribution in [-0.4, -0.2) is 20.2 Å². The van der Waals surface area contributed by atoms with E-state index in [2.05, 4.69) is 38.5 Å². The first-order valence-electron chi connectivity index (χ1n) is 5.93. The van der Waals surface area contributed by atoms with Gasteiger partial charge >= 0.3 is 0 Å². The van der Waals surface area contributed by atoms with Gasteiger partial charge in [0.05, 0.1) is 11.6 Å². The molecule has 0 amide bonds. The van der Waals surface area contributed by atoms with Crippen molar-refractivity contribution in [3.05, 3.63) is 34.2 Å². The van der Waals surface area contributed by atoms with Crippen LogP contribution in [0.2, 0.25) is 5.28 Å². The minimum absolute atomic E-state index is 0.270. The second-order valence-electron chi connectivity index (χ2n) is 4.09. The fourth-order valence-electron chi connectivity index (χ4n) is 1.81. The normalized spacial score (nSPS) is 11.1. The number of thiophene rings is 1. The van der Waals surface area contributed by atoms with Crippen LogP contribution in [-0.2, 0) is 13.0 Å². The third kappa shape index (κ3) is 2.54. The van der Waals surface area contributed by atoms with Crippen molar-refractivity contribution in [3.8, 4) is 0 Å². The van der Waals surface area contributed by atoms with E-state index in [4.69, 9.17) is 11.6 Å². The van der Waals surface area contributed by atoms with Crippen molar-refractivity contribution in [2.75, 3.05) is 5.32 Å². The van der Waals surface area contributed by atoms with Crippen LogP contribution in [0.15, 0.2) is 18.5 Å². The summed E-state index contributed by atoms with van der Waals surface area (Å²) >= 11 is 7.62. The molecule has 0 aromatic carbocycles. The number of aromatic amines is 1. The lowest BCUT2D eigenvalue weighted by molar-refractivity contribution is 1.09. The lowest BCUT2D eigenvalue weighted by atomic mass is 10.3. The maximum Gasteiger partial charge on any atom is 0.225 e. The van der Waals surface area contributed by atoms with Crippen LogP contribution in [0.3, 0.4) is 0 Å². The highest BCUT2D eigenvalue weighted by atomic mass is 35.5. The molecule has 3 aromatic heterocycles. The average Bonchev–Trinajstić information content (AvgIpc) is 3.04. The van der Waals surface area contributed by atoms with Crippen molar-refractivity contribution in [1.29, 1.82) is 0 Å². The van der Waals surface area contributed by atoms with Crippen LogP contribution in [0.25, 0.3) is 10.2 Å². The number of aromatic nitrogens is 4. The van der Waals surface area contributed by atoms with E-state index in [1.165, 1.54) is 4.88 Å². The van der Waals surface area contributed by atoms with Crippen LogP contribution in [0.5, 0.6) is 0 Å². The SMILES string of the molecule is CCc1cc2c(NCc3cn[nH]c3)nc(Cl)nc2s1. The topological polar surface area (TPSA) is 66.5 Å². The van der Waals surface area contributed by atoms with Crippen LogP contribution in [0.1, 0.15) is 17.4 Å². The minimum atomic E-state index is 0.270. The Bertz CT molecular complexity index is 692. The van der Waals surface area contributed by atoms with Gasteiger partial charge in [-0.25, -0.2) is 9.97 Å². The third-order valence-corrected chi connectivity index (χ3v) is 4.12. The van der Waals surface area contributed by atoms with Crippen LogP contribution < -0.4 is 5.32 Å². The summed E-state index contributed by atoms with van der Waals surface area (Å²) in [7, 11) is 0. The Hall–Kier alpha value is -1.66. The second kappa shape index (κ2) is 5.14. The van der Waals surface area contributed by atoms with E-state index in [1.807, 2.05) is 6.20 Å². The molecule has 3 rings (SSSR count). The molecular formula is C12H12ClN5S. The van der Waals surface area contributed by atoms with E-state index in [1.54, 1.807) is 17.5 Å². The van der Waals surface area contributed by atoms with Crippen molar-refractivity contribution in [2.24, 2.45) is 0 Å². The van der Waals surface area contributed by atoms with Gasteiger partial charge in [-0.1, -0.05) is 6.92 Å². The van der Waals surface area contributed by atoms with Gasteiger partial charge in [-0.3, -0.25) is 5.10 Å². The summed E-state index contributed by atoms with van der Waals surface area (Å²) in [6.07, 6.45) is 4.61. The van der Waals surface area contributed by atoms with Crippen molar-refractivity contribution in [2.45, 2.75) is 19.9 Å². The van der Waals surface area contributed by atoms with Crippen molar-refractivity contribution >= 4 is 39.0 Å². The summed E-state index contributed by atoms with van der Waals surface area (Å²) < 4.78 is 0. The van der Waals surface area contributed by atoms with Gasteiger partial charge in [0.1, 0.15) is 10.6 Å². The second-order valence-corrected chi connectivity index (χ2v) is 5.54. The molecule has 0 bridgehead atoms. The lowest BCUT2D eigenvalue weighted by Crippen LogP contribution is -2.01. The molecule has 3 aromatic rings. The number of fused-ring (bicyclic) bond motifs is 1. The largest absolute Gasteiger partial charge is 0.365 e. The molecule has 3 heterocycles. The highest BCUT2D eigenvalue weighted by Crippen LogP contribution is 2.30. The molecule has 0 unspecified atom stereocenters. The Morgan fingerprint density at radius 1 is 1.42 bits per heavy atom. The van der Waals surface area contributed by atoms with Crippen LogP contribution >= 0.6 is 22.9 Å². The summed E-state index contributed by atoms with van der Waals surface area (Å²) in [5.41, 5.74) is 1.06. The summed E-state index contributed by atoms with van der Waals surface area (Å²) in [5.74, 6) is 0.771. The number of hydrogen-bond acceptors (Lipinski definition) is 5. The molecule has 98 valence electrons. The Labute approximate surface area is 119 Å². The lowest BCUT2D eigenvalue weighted by Gasteiger charge is -2.05. The van der Waals surface area contributed by atoms with Gasteiger partial charge in [0.2, 0.25) is 5.28 Å². The number of nitrogens with zero attached hydrogens (tertiary/aromatic N) is 3. The molecule has 0 fully saturated rings. The monoisotopic (exact) mass is 293 g/mol. The predicted molar refractivity (Wildman–Crippen MR) is 77.7 cm³/mol. The fourth-order valence-corrected chi connectivity index (χ4v) is 3.00. The molecule has 0 atom stereocenters. The molecule has 0 aliphatic carbocycles. The smallest absolute Gasteiger partial charge is 0.225 e. The molecule has 0 saturated carbocycles. The molecular weight excluding hydrogens is 282 g/mol. The van der Waals surface area contributed by atoms with Crippen LogP contribution in [0, 0.1) is 0 Å². The minimum Gasteiger partial charge on any atom is -0.365 e. The molecule has 0 aliphatic rings. The predicted octanol–water partition coefficient (Wildman–Crippen LogP) is 3.24. The summed E-state index contributed by atoms with van der Waals surface area (Å²) in [6.45, 7) is 2.77. The van der Waals surface area contributed by atoms with Gasteiger partial charge in [-0.15, -0.1) is 11.3 Å². The first-order chi connectivity index (χ1) is 9.26. The van der Waals surface area contributed by atoms with Crippen LogP contribution in [0.4, 0.5) is 5.82 Å². The van der Waals surface area contributed by atoms with Gasteiger partial charge in [0.15, 0.2) is 0 Å². The van der Waals surface area contributed by atoms with Crippen molar-refractivity contribution in [1.82, 2.24) is 20.2 Å². The van der Waals surface area contributed by atoms with E-state index in [0.29, 0.717) is 6.54 Å². The number of nitrogens with one attached hydrogen (secondary N) is 2. The molecule has 19 heavy (non-hydrogen) atoms. The van der Waals surface area contributed by atoms with Gasteiger partial charge in [0, 0.05) is 23.2 Å². The fraction of sp³-hybridized carbons (Fsp3) is 0.250. The summed E-state index contributed by atoms with van der Waals surface area (Å²) in [6, 6.07) is 2.12. The van der Waals surface area contributed by atoms with E-state index < -0.39 is 0 Å². The van der Waals surface area contributed by atoms with E-state index in [9.17, 15) is 0 Å².